The number of carbonyl (C=O) groups is 3. The average Bonchev–Trinajstić information content (AvgIpc) is 2.97. The van der Waals surface area contributed by atoms with Crippen molar-refractivity contribution in [3.8, 4) is 0 Å². The van der Waals surface area contributed by atoms with Gasteiger partial charge in [0.15, 0.2) is 6.04 Å². The highest BCUT2D eigenvalue weighted by molar-refractivity contribution is 5.91. The van der Waals surface area contributed by atoms with Gasteiger partial charge < -0.3 is 15.2 Å². The van der Waals surface area contributed by atoms with E-state index in [0.29, 0.717) is 0 Å². The predicted octanol–water partition coefficient (Wildman–Crippen LogP) is 1.61. The second-order valence-corrected chi connectivity index (χ2v) is 7.06. The fraction of sp³-hybridized carbons (Fsp3) is 0.471. The van der Waals surface area contributed by atoms with Crippen LogP contribution in [-0.2, 0) is 14.3 Å². The summed E-state index contributed by atoms with van der Waals surface area (Å²) in [6, 6.07) is 3.69. The number of rotatable bonds is 4. The molecule has 1 aromatic rings. The van der Waals surface area contributed by atoms with E-state index < -0.39 is 40.6 Å². The van der Waals surface area contributed by atoms with Crippen LogP contribution in [0.25, 0.3) is 0 Å². The predicted molar refractivity (Wildman–Crippen MR) is 92.8 cm³/mol. The highest BCUT2D eigenvalue weighted by atomic mass is 16.6. The fourth-order valence-corrected chi connectivity index (χ4v) is 2.67. The van der Waals surface area contributed by atoms with E-state index in [4.69, 9.17) is 15.2 Å². The number of hydrogen-bond acceptors (Lipinski definition) is 7. The van der Waals surface area contributed by atoms with Gasteiger partial charge in [0, 0.05) is 25.1 Å². The highest BCUT2D eigenvalue weighted by Crippen LogP contribution is 2.25. The number of amides is 2. The molecule has 0 aliphatic carbocycles. The van der Waals surface area contributed by atoms with E-state index in [-0.39, 0.29) is 24.2 Å². The van der Waals surface area contributed by atoms with Gasteiger partial charge in [-0.05, 0) is 32.9 Å². The van der Waals surface area contributed by atoms with Crippen molar-refractivity contribution in [1.82, 2.24) is 4.90 Å². The van der Waals surface area contributed by atoms with Crippen LogP contribution in [0.3, 0.4) is 0 Å². The minimum atomic E-state index is -1.15. The molecule has 1 heterocycles. The number of primary amides is 1. The summed E-state index contributed by atoms with van der Waals surface area (Å²) in [5.74, 6) is -1.59. The molecule has 0 radical (unpaired) electrons. The smallest absolute Gasteiger partial charge is 0.411 e. The number of nitrogens with zero attached hydrogens (tertiary/aromatic N) is 2. The first-order chi connectivity index (χ1) is 12.5. The van der Waals surface area contributed by atoms with Crippen LogP contribution in [0.15, 0.2) is 24.3 Å². The Morgan fingerprint density at radius 1 is 1.22 bits per heavy atom. The first-order valence-corrected chi connectivity index (χ1v) is 8.24. The molecule has 146 valence electrons. The lowest BCUT2D eigenvalue weighted by atomic mass is 10.1. The van der Waals surface area contributed by atoms with Gasteiger partial charge in [0.25, 0.3) is 5.69 Å². The van der Waals surface area contributed by atoms with Crippen molar-refractivity contribution in [2.45, 2.75) is 44.9 Å². The molecule has 0 unspecified atom stereocenters. The second-order valence-electron chi connectivity index (χ2n) is 7.06. The van der Waals surface area contributed by atoms with Gasteiger partial charge in [-0.15, -0.1) is 0 Å². The lowest BCUT2D eigenvalue weighted by Crippen LogP contribution is -2.50. The van der Waals surface area contributed by atoms with E-state index in [2.05, 4.69) is 0 Å². The summed E-state index contributed by atoms with van der Waals surface area (Å²) < 4.78 is 10.6. The third kappa shape index (κ3) is 4.93. The summed E-state index contributed by atoms with van der Waals surface area (Å²) in [4.78, 5) is 47.6. The molecule has 1 saturated heterocycles. The number of carbonyl (C=O) groups excluding carboxylic acids is 3. The number of nitro groups is 1. The summed E-state index contributed by atoms with van der Waals surface area (Å²) in [5.41, 5.74) is 4.55. The zero-order chi connectivity index (χ0) is 20.4. The molecule has 0 bridgehead atoms. The molecule has 10 heteroatoms. The number of nitro benzene ring substituents is 1. The summed E-state index contributed by atoms with van der Waals surface area (Å²) in [5, 5.41) is 10.7. The third-order valence-corrected chi connectivity index (χ3v) is 3.83. The van der Waals surface area contributed by atoms with E-state index in [0.717, 1.165) is 4.90 Å². The van der Waals surface area contributed by atoms with Gasteiger partial charge in [-0.2, -0.15) is 0 Å². The minimum Gasteiger partial charge on any atom is -0.456 e. The standard InChI is InChI=1S/C17H21N3O7/c1-17(2,3)27-16(23)19-9-8-12(13(19)14(18)21)26-15(22)10-4-6-11(7-5-10)20(24)25/h4-7,12-13H,8-9H2,1-3H3,(H2,18,21)/t12-,13+/m1/s1. The molecular weight excluding hydrogens is 358 g/mol. The van der Waals surface area contributed by atoms with Crippen LogP contribution < -0.4 is 5.73 Å². The Morgan fingerprint density at radius 3 is 2.30 bits per heavy atom. The van der Waals surface area contributed by atoms with E-state index in [1.807, 2.05) is 0 Å². The largest absolute Gasteiger partial charge is 0.456 e. The maximum atomic E-state index is 12.3. The van der Waals surface area contributed by atoms with Gasteiger partial charge >= 0.3 is 12.1 Å². The number of nitrogens with two attached hydrogens (primary N) is 1. The van der Waals surface area contributed by atoms with Gasteiger partial charge in [0.05, 0.1) is 10.5 Å². The quantitative estimate of drug-likeness (QED) is 0.476. The molecule has 1 aromatic carbocycles. The summed E-state index contributed by atoms with van der Waals surface area (Å²) in [7, 11) is 0. The molecule has 0 spiro atoms. The van der Waals surface area contributed by atoms with Crippen molar-refractivity contribution in [2.75, 3.05) is 6.54 Å². The van der Waals surface area contributed by atoms with Crippen molar-refractivity contribution in [1.29, 1.82) is 0 Å². The molecule has 2 rings (SSSR count). The Hall–Kier alpha value is -3.17. The minimum absolute atomic E-state index is 0.0829. The Balaban J connectivity index is 2.11. The first kappa shape index (κ1) is 20.1. The van der Waals surface area contributed by atoms with Crippen LogP contribution >= 0.6 is 0 Å². The fourth-order valence-electron chi connectivity index (χ4n) is 2.67. The van der Waals surface area contributed by atoms with Crippen LogP contribution in [0, 0.1) is 10.1 Å². The van der Waals surface area contributed by atoms with Gasteiger partial charge in [0.1, 0.15) is 11.7 Å². The summed E-state index contributed by atoms with van der Waals surface area (Å²) in [6.45, 7) is 5.20. The topological polar surface area (TPSA) is 142 Å². The normalized spacial score (nSPS) is 19.4. The molecule has 1 aliphatic rings. The van der Waals surface area contributed by atoms with Gasteiger partial charge in [-0.25, -0.2) is 9.59 Å². The van der Waals surface area contributed by atoms with E-state index in [1.165, 1.54) is 24.3 Å². The van der Waals surface area contributed by atoms with Crippen molar-refractivity contribution >= 4 is 23.7 Å². The Labute approximate surface area is 155 Å². The van der Waals surface area contributed by atoms with Crippen LogP contribution in [0.2, 0.25) is 0 Å². The van der Waals surface area contributed by atoms with Crippen LogP contribution in [-0.4, -0.2) is 52.1 Å². The maximum absolute atomic E-state index is 12.3. The molecule has 10 nitrogen and oxygen atoms in total. The van der Waals surface area contributed by atoms with Gasteiger partial charge in [-0.1, -0.05) is 0 Å². The van der Waals surface area contributed by atoms with Crippen molar-refractivity contribution in [2.24, 2.45) is 5.73 Å². The Morgan fingerprint density at radius 2 is 1.81 bits per heavy atom. The number of benzene rings is 1. The molecular formula is C17H21N3O7. The number of esters is 1. The highest BCUT2D eigenvalue weighted by Gasteiger charge is 2.44. The van der Waals surface area contributed by atoms with Gasteiger partial charge in [0.2, 0.25) is 5.91 Å². The van der Waals surface area contributed by atoms with Crippen LogP contribution in [0.1, 0.15) is 37.6 Å². The van der Waals surface area contributed by atoms with Crippen molar-refractivity contribution in [3.63, 3.8) is 0 Å². The monoisotopic (exact) mass is 379 g/mol. The number of hydrogen-bond donors (Lipinski definition) is 1. The zero-order valence-corrected chi connectivity index (χ0v) is 15.2. The van der Waals surface area contributed by atoms with Crippen molar-refractivity contribution < 1.29 is 28.8 Å². The van der Waals surface area contributed by atoms with E-state index >= 15 is 0 Å². The second kappa shape index (κ2) is 7.60. The molecule has 1 fully saturated rings. The van der Waals surface area contributed by atoms with E-state index in [9.17, 15) is 24.5 Å². The lowest BCUT2D eigenvalue weighted by molar-refractivity contribution is -0.384. The molecule has 1 aliphatic heterocycles. The van der Waals surface area contributed by atoms with Crippen LogP contribution in [0.4, 0.5) is 10.5 Å². The summed E-state index contributed by atoms with van der Waals surface area (Å²) in [6.07, 6.45) is -1.44. The first-order valence-electron chi connectivity index (χ1n) is 8.24. The molecule has 27 heavy (non-hydrogen) atoms. The van der Waals surface area contributed by atoms with E-state index in [1.54, 1.807) is 20.8 Å². The zero-order valence-electron chi connectivity index (χ0n) is 15.2. The molecule has 0 saturated carbocycles. The SMILES string of the molecule is CC(C)(C)OC(=O)N1CC[C@@H](OC(=O)c2ccc([N+](=O)[O-])cc2)[C@H]1C(N)=O. The molecule has 2 atom stereocenters. The summed E-state index contributed by atoms with van der Waals surface area (Å²) >= 11 is 0. The number of non-ortho nitro benzene ring substituents is 1. The third-order valence-electron chi connectivity index (χ3n) is 3.83. The Kier molecular flexibility index (Phi) is 5.67. The number of ether oxygens (including phenoxy) is 2. The molecule has 0 aromatic heterocycles. The van der Waals surface area contributed by atoms with Crippen LogP contribution in [0.5, 0.6) is 0 Å². The van der Waals surface area contributed by atoms with Gasteiger partial charge in [-0.3, -0.25) is 19.8 Å². The lowest BCUT2D eigenvalue weighted by Gasteiger charge is -2.28. The Bertz CT molecular complexity index is 755. The van der Waals surface area contributed by atoms with Crippen molar-refractivity contribution in [3.05, 3.63) is 39.9 Å². The maximum Gasteiger partial charge on any atom is 0.411 e. The molecule has 2 N–H and O–H groups in total. The number of likely N-dealkylation sites (tertiary alicyclic amines) is 1. The average molecular weight is 379 g/mol. The molecule has 2 amide bonds.